The van der Waals surface area contributed by atoms with Crippen LogP contribution in [0.2, 0.25) is 0 Å². The number of halogens is 1. The second-order valence-corrected chi connectivity index (χ2v) is 4.94. The predicted molar refractivity (Wildman–Crippen MR) is 64.2 cm³/mol. The third kappa shape index (κ3) is 2.40. The van der Waals surface area contributed by atoms with Crippen molar-refractivity contribution in [2.24, 2.45) is 0 Å². The van der Waals surface area contributed by atoms with Crippen LogP contribution in [0.3, 0.4) is 0 Å². The molecule has 0 unspecified atom stereocenters. The number of aryl methyl sites for hydroxylation is 1. The van der Waals surface area contributed by atoms with Crippen molar-refractivity contribution in [3.63, 3.8) is 0 Å². The molecule has 82 valence electrons. The van der Waals surface area contributed by atoms with Crippen LogP contribution in [-0.4, -0.2) is 11.1 Å². The highest BCUT2D eigenvalue weighted by atomic mass is 79.9. The molecule has 0 radical (unpaired) electrons. The van der Waals surface area contributed by atoms with Crippen molar-refractivity contribution < 1.29 is 9.90 Å². The minimum Gasteiger partial charge on any atom is -0.481 e. The molecule has 1 aromatic carbocycles. The van der Waals surface area contributed by atoms with E-state index in [1.807, 2.05) is 18.2 Å². The lowest BCUT2D eigenvalue weighted by atomic mass is 9.84. The van der Waals surface area contributed by atoms with Crippen molar-refractivity contribution in [2.75, 3.05) is 0 Å². The summed E-state index contributed by atoms with van der Waals surface area (Å²) >= 11 is 3.46. The van der Waals surface area contributed by atoms with Crippen molar-refractivity contribution in [1.82, 2.24) is 0 Å². The van der Waals surface area contributed by atoms with E-state index in [4.69, 9.17) is 5.11 Å². The van der Waals surface area contributed by atoms with E-state index < -0.39 is 11.4 Å². The van der Waals surface area contributed by atoms with Crippen molar-refractivity contribution in [3.8, 4) is 0 Å². The third-order valence-electron chi connectivity index (χ3n) is 2.69. The van der Waals surface area contributed by atoms with Crippen molar-refractivity contribution >= 4 is 21.9 Å². The van der Waals surface area contributed by atoms with Crippen LogP contribution >= 0.6 is 15.9 Å². The maximum atomic E-state index is 11.1. The first-order valence-electron chi connectivity index (χ1n) is 4.92. The normalized spacial score (nSPS) is 11.5. The molecule has 0 aromatic heterocycles. The van der Waals surface area contributed by atoms with Gasteiger partial charge in [0.2, 0.25) is 0 Å². The summed E-state index contributed by atoms with van der Waals surface area (Å²) in [7, 11) is 0. The average Bonchev–Trinajstić information content (AvgIpc) is 2.17. The Labute approximate surface area is 98.4 Å². The maximum absolute atomic E-state index is 11.1. The van der Waals surface area contributed by atoms with Gasteiger partial charge in [-0.3, -0.25) is 4.79 Å². The lowest BCUT2D eigenvalue weighted by molar-refractivity contribution is -0.142. The minimum atomic E-state index is -0.839. The van der Waals surface area contributed by atoms with Crippen LogP contribution in [0.5, 0.6) is 0 Å². The Hall–Kier alpha value is -0.830. The minimum absolute atomic E-state index is 0.807. The molecule has 15 heavy (non-hydrogen) atoms. The molecular formula is C12H15BrO2. The lowest BCUT2D eigenvalue weighted by Gasteiger charge is -2.20. The molecule has 0 spiro atoms. The van der Waals surface area contributed by atoms with E-state index in [-0.39, 0.29) is 0 Å². The zero-order valence-corrected chi connectivity index (χ0v) is 10.8. The summed E-state index contributed by atoms with van der Waals surface area (Å²) in [5.74, 6) is -0.807. The van der Waals surface area contributed by atoms with E-state index in [9.17, 15) is 4.79 Å². The molecule has 3 heteroatoms. The van der Waals surface area contributed by atoms with Gasteiger partial charge in [0.25, 0.3) is 0 Å². The summed E-state index contributed by atoms with van der Waals surface area (Å²) in [6, 6.07) is 5.76. The molecule has 1 rings (SSSR count). The molecule has 1 aromatic rings. The number of hydrogen-bond donors (Lipinski definition) is 1. The standard InChI is InChI=1S/C12H15BrO2/c1-4-8-5-6-9(7-10(8)13)12(2,3)11(14)15/h5-7H,4H2,1-3H3,(H,14,15). The van der Waals surface area contributed by atoms with Crippen molar-refractivity contribution in [3.05, 3.63) is 33.8 Å². The Balaban J connectivity index is 3.18. The lowest BCUT2D eigenvalue weighted by Crippen LogP contribution is -2.28. The number of carboxylic acids is 1. The highest BCUT2D eigenvalue weighted by Gasteiger charge is 2.29. The van der Waals surface area contributed by atoms with Gasteiger partial charge in [0.05, 0.1) is 5.41 Å². The molecule has 0 amide bonds. The number of aliphatic carboxylic acids is 1. The Kier molecular flexibility index (Phi) is 3.55. The third-order valence-corrected chi connectivity index (χ3v) is 3.43. The fourth-order valence-electron chi connectivity index (χ4n) is 1.35. The number of carbonyl (C=O) groups is 1. The van der Waals surface area contributed by atoms with Crippen LogP contribution in [0.15, 0.2) is 22.7 Å². The molecule has 1 N–H and O–H groups in total. The van der Waals surface area contributed by atoms with Gasteiger partial charge in [-0.05, 0) is 37.5 Å². The zero-order chi connectivity index (χ0) is 11.6. The highest BCUT2D eigenvalue weighted by molar-refractivity contribution is 9.10. The first kappa shape index (κ1) is 12.2. The topological polar surface area (TPSA) is 37.3 Å². The van der Waals surface area contributed by atoms with E-state index in [2.05, 4.69) is 22.9 Å². The summed E-state index contributed by atoms with van der Waals surface area (Å²) < 4.78 is 0.983. The number of carboxylic acid groups (broad SMARTS) is 1. The van der Waals surface area contributed by atoms with E-state index in [1.165, 1.54) is 5.56 Å². The molecule has 0 saturated heterocycles. The summed E-state index contributed by atoms with van der Waals surface area (Å²) in [5, 5.41) is 9.10. The summed E-state index contributed by atoms with van der Waals surface area (Å²) in [5.41, 5.74) is 1.17. The molecule has 0 saturated carbocycles. The average molecular weight is 271 g/mol. The predicted octanol–water partition coefficient (Wildman–Crippen LogP) is 3.37. The fraction of sp³-hybridized carbons (Fsp3) is 0.417. The van der Waals surface area contributed by atoms with Crippen LogP contribution in [0.4, 0.5) is 0 Å². The molecule has 0 bridgehead atoms. The molecular weight excluding hydrogens is 256 g/mol. The summed E-state index contributed by atoms with van der Waals surface area (Å²) in [4.78, 5) is 11.1. The second-order valence-electron chi connectivity index (χ2n) is 4.09. The largest absolute Gasteiger partial charge is 0.481 e. The van der Waals surface area contributed by atoms with Gasteiger partial charge in [-0.15, -0.1) is 0 Å². The SMILES string of the molecule is CCc1ccc(C(C)(C)C(=O)O)cc1Br. The van der Waals surface area contributed by atoms with Gasteiger partial charge in [0.15, 0.2) is 0 Å². The molecule has 0 aliphatic heterocycles. The molecule has 0 aliphatic carbocycles. The van der Waals surface area contributed by atoms with Gasteiger partial charge >= 0.3 is 5.97 Å². The van der Waals surface area contributed by atoms with Gasteiger partial charge in [0, 0.05) is 4.47 Å². The molecule has 0 fully saturated rings. The monoisotopic (exact) mass is 270 g/mol. The van der Waals surface area contributed by atoms with E-state index in [0.29, 0.717) is 0 Å². The van der Waals surface area contributed by atoms with E-state index in [1.54, 1.807) is 13.8 Å². The fourth-order valence-corrected chi connectivity index (χ4v) is 2.01. The van der Waals surface area contributed by atoms with E-state index in [0.717, 1.165) is 16.5 Å². The Bertz CT molecular complexity index is 383. The molecule has 0 aliphatic rings. The van der Waals surface area contributed by atoms with Gasteiger partial charge < -0.3 is 5.11 Å². The Morgan fingerprint density at radius 1 is 1.47 bits per heavy atom. The highest BCUT2D eigenvalue weighted by Crippen LogP contribution is 2.28. The smallest absolute Gasteiger partial charge is 0.313 e. The number of rotatable bonds is 3. The number of hydrogen-bond acceptors (Lipinski definition) is 1. The van der Waals surface area contributed by atoms with Crippen LogP contribution in [0.25, 0.3) is 0 Å². The Morgan fingerprint density at radius 2 is 2.07 bits per heavy atom. The van der Waals surface area contributed by atoms with Crippen molar-refractivity contribution in [2.45, 2.75) is 32.6 Å². The quantitative estimate of drug-likeness (QED) is 0.915. The van der Waals surface area contributed by atoms with Crippen LogP contribution in [-0.2, 0) is 16.6 Å². The first-order chi connectivity index (χ1) is 6.89. The van der Waals surface area contributed by atoms with Crippen LogP contribution in [0.1, 0.15) is 31.9 Å². The Morgan fingerprint density at radius 3 is 2.47 bits per heavy atom. The van der Waals surface area contributed by atoms with Gasteiger partial charge in [-0.25, -0.2) is 0 Å². The molecule has 2 nitrogen and oxygen atoms in total. The molecule has 0 heterocycles. The number of benzene rings is 1. The van der Waals surface area contributed by atoms with E-state index >= 15 is 0 Å². The van der Waals surface area contributed by atoms with Gasteiger partial charge in [0.1, 0.15) is 0 Å². The van der Waals surface area contributed by atoms with Crippen LogP contribution < -0.4 is 0 Å². The zero-order valence-electron chi connectivity index (χ0n) is 9.17. The molecule has 0 atom stereocenters. The van der Waals surface area contributed by atoms with Crippen molar-refractivity contribution in [1.29, 1.82) is 0 Å². The first-order valence-corrected chi connectivity index (χ1v) is 5.71. The van der Waals surface area contributed by atoms with Gasteiger partial charge in [-0.1, -0.05) is 35.0 Å². The van der Waals surface area contributed by atoms with Crippen LogP contribution in [0, 0.1) is 0 Å². The second kappa shape index (κ2) is 4.35. The summed E-state index contributed by atoms with van der Waals surface area (Å²) in [6.45, 7) is 5.49. The maximum Gasteiger partial charge on any atom is 0.313 e. The van der Waals surface area contributed by atoms with Gasteiger partial charge in [-0.2, -0.15) is 0 Å². The summed E-state index contributed by atoms with van der Waals surface area (Å²) in [6.07, 6.45) is 0.939.